The van der Waals surface area contributed by atoms with Crippen molar-refractivity contribution in [2.24, 2.45) is 59.2 Å². The van der Waals surface area contributed by atoms with E-state index in [4.69, 9.17) is 94.2 Å². The zero-order valence-electron chi connectivity index (χ0n) is 79.0. The van der Waals surface area contributed by atoms with Gasteiger partial charge in [0.1, 0.15) is 18.3 Å². The number of nitriles is 1. The van der Waals surface area contributed by atoms with Gasteiger partial charge in [-0.05, 0) is 91.4 Å². The van der Waals surface area contributed by atoms with Crippen molar-refractivity contribution in [1.82, 2.24) is 0 Å². The van der Waals surface area contributed by atoms with E-state index in [0.29, 0.717) is 77.0 Å². The van der Waals surface area contributed by atoms with Crippen LogP contribution in [0.5, 0.6) is 0 Å². The van der Waals surface area contributed by atoms with Gasteiger partial charge in [0.05, 0.1) is 78.1 Å². The lowest BCUT2D eigenvalue weighted by atomic mass is 9.79. The maximum atomic E-state index is 11.7. The molecule has 7 aliphatic heterocycles. The summed E-state index contributed by atoms with van der Waals surface area (Å²) in [4.78, 5) is 290. The Kier molecular flexibility index (Phi) is 41.0. The minimum absolute atomic E-state index is 0.0637. The number of hydrogen-bond acceptors (Lipinski definition) is 49. The van der Waals surface area contributed by atoms with E-state index in [1.807, 2.05) is 6.07 Å². The minimum atomic E-state index is -1.57. The highest BCUT2D eigenvalue weighted by atomic mass is 16.8. The maximum Gasteiger partial charge on any atom is 0.415 e. The highest BCUT2D eigenvalue weighted by Crippen LogP contribution is 2.50. The molecular weight excluding hydrogens is 1970 g/mol. The van der Waals surface area contributed by atoms with E-state index >= 15 is 0 Å². The second-order valence-corrected chi connectivity index (χ2v) is 34.7. The van der Waals surface area contributed by atoms with Crippen molar-refractivity contribution in [2.75, 3.05) is 46.2 Å². The first-order valence-corrected chi connectivity index (χ1v) is 44.9. The molecule has 792 valence electrons. The predicted molar refractivity (Wildman–Crippen MR) is 462 cm³/mol. The number of ether oxygens (including phenoxy) is 23. The quantitative estimate of drug-likeness (QED) is 0.0303. The SMILES string of the molecule is C=C(C)C(=O)OCC(=O)OC1C2CC(CC1C(=O)O)C(=O)O2.C=C(C)C(=O)OCC(=O)OC1CCC2CC1(OC=O)OC2=O.C=CC(=O)OCC(=O)OC1C(C#N)CC2CC1OC2=O.C=CC(=O)OCC(=O)OC1C2CC(CC1C(=O)O)C(=O)O2.C=CC(=O)OCC(=O)OC1CCC2CC1(OC=O)OC2=O.[C-]#[N+]C12CC(CCC1OC(=O)COC(=O)C(=C)C)C(=O)O2.[C-]#[N+]C12CC(CCC1OC(=O)COC(=O)C=C)C(=O)O2. The molecule has 0 aromatic carbocycles. The fraction of sp³-hybridized carbons (Fsp3) is 0.553. The van der Waals surface area contributed by atoms with Crippen LogP contribution in [0.4, 0.5) is 0 Å². The summed E-state index contributed by atoms with van der Waals surface area (Å²) in [6.07, 6.45) is 0.723. The lowest BCUT2D eigenvalue weighted by Crippen LogP contribution is -2.49. The molecule has 0 spiro atoms. The molecule has 2 N–H and O–H groups in total. The molecule has 7 heterocycles. The van der Waals surface area contributed by atoms with Gasteiger partial charge in [0, 0.05) is 73.1 Å². The highest BCUT2D eigenvalue weighted by Gasteiger charge is 2.67. The predicted octanol–water partition coefficient (Wildman–Crippen LogP) is 1.51. The summed E-state index contributed by atoms with van der Waals surface area (Å²) in [5, 5.41) is 27.5. The van der Waals surface area contributed by atoms with Crippen LogP contribution in [0.1, 0.15) is 136 Å². The molecule has 7 aliphatic carbocycles. The Morgan fingerprint density at radius 3 is 0.898 bits per heavy atom. The number of carbonyl (C=O) groups is 25. The van der Waals surface area contributed by atoms with E-state index in [2.05, 4.69) is 88.9 Å². The summed E-state index contributed by atoms with van der Waals surface area (Å²) >= 11 is 0. The second-order valence-electron chi connectivity index (χ2n) is 34.7. The average Bonchev–Trinajstić information content (AvgIpc) is 1.59. The van der Waals surface area contributed by atoms with E-state index in [1.165, 1.54) is 20.8 Å². The van der Waals surface area contributed by atoms with Crippen LogP contribution >= 0.6 is 0 Å². The Morgan fingerprint density at radius 2 is 0.619 bits per heavy atom. The van der Waals surface area contributed by atoms with Gasteiger partial charge in [0.15, 0.2) is 76.8 Å². The molecule has 147 heavy (non-hydrogen) atoms. The molecule has 53 heteroatoms. The Balaban J connectivity index is 0.000000209. The topological polar surface area (TPSA) is 712 Å². The zero-order valence-corrected chi connectivity index (χ0v) is 79.0. The summed E-state index contributed by atoms with van der Waals surface area (Å²) in [5.41, 5.74) is -2.39. The number of hydrogen-bond donors (Lipinski definition) is 2. The van der Waals surface area contributed by atoms with E-state index in [1.54, 1.807) is 0 Å². The van der Waals surface area contributed by atoms with E-state index < -0.39 is 291 Å². The van der Waals surface area contributed by atoms with E-state index in [9.17, 15) is 130 Å². The van der Waals surface area contributed by atoms with Crippen molar-refractivity contribution in [1.29, 1.82) is 5.26 Å². The van der Waals surface area contributed by atoms with Gasteiger partial charge in [-0.1, -0.05) is 46.1 Å². The maximum absolute atomic E-state index is 11.7. The molecule has 0 aromatic heterocycles. The summed E-state index contributed by atoms with van der Waals surface area (Å²) in [7, 11) is 0. The highest BCUT2D eigenvalue weighted by molar-refractivity contribution is 5.92. The number of nitrogens with zero attached hydrogens (tertiary/aromatic N) is 3. The Labute approximate surface area is 833 Å². The monoisotopic (exact) mass is 2070 g/mol. The molecular formula is C94H101N3O50. The molecule has 24 atom stereocenters. The number of esters is 21. The van der Waals surface area contributed by atoms with Gasteiger partial charge >= 0.3 is 149 Å². The van der Waals surface area contributed by atoms with Crippen LogP contribution in [0.15, 0.2) is 87.1 Å². The van der Waals surface area contributed by atoms with Gasteiger partial charge in [-0.25, -0.2) is 80.3 Å². The zero-order chi connectivity index (χ0) is 109. The molecule has 14 aliphatic rings. The lowest BCUT2D eigenvalue weighted by molar-refractivity contribution is -0.249. The van der Waals surface area contributed by atoms with Gasteiger partial charge in [-0.15, -0.1) is 0 Å². The van der Waals surface area contributed by atoms with Crippen molar-refractivity contribution >= 4 is 150 Å². The van der Waals surface area contributed by atoms with E-state index in [-0.39, 0.29) is 104 Å². The molecule has 14 rings (SSSR count). The van der Waals surface area contributed by atoms with Crippen molar-refractivity contribution in [3.8, 4) is 6.07 Å². The molecule has 7 saturated carbocycles. The molecule has 7 saturated heterocycles. The van der Waals surface area contributed by atoms with Crippen molar-refractivity contribution in [3.05, 3.63) is 110 Å². The standard InChI is InChI=1S/C14H15NO6.2C14H16O8.2C13H13NO6.2C13H14O8/c1-8(2)12(17)19-7-11(16)20-10-5-4-9-6-14(10,15-3)21-13(9)18;1-6(2)13(18)20-5-10(15)22-11-8(12(16)17)3-7-4-9(11)21-14(7)19;1-8(2)12(17)19-6-11(16)21-10-4-3-9-5-14(10,20-7-15)22-13(9)18;1-3-10(15)18-7-11(16)19-9-5-4-8-6-13(9,14-2)20-12(8)17;1-2-10(15)18-6-11(16)20-12-8(5-14)3-7-4-9(12)19-13(7)17;1-2-9(14)19-5-10(15)21-11-7(12(16)17)3-6-4-8(11)20-13(6)18;1-2-10(15)18-6-11(16)20-9-4-3-8-5-13(9,19-7-14)21-12(8)17/h9-10H,1,4-7H2,2H3;7-9,11H,1,3-5H2,2H3,(H,16,17);7,9-10H,1,3-6H2,2H3;3,8-9H,1,4-7H2;2,7-9,12H,1,3-4,6H2;2,6-8,11H,1,3-5H2,(H,16,17);2,7-9H,1,3-6H2. The first kappa shape index (κ1) is 116. The van der Waals surface area contributed by atoms with Gasteiger partial charge in [0.2, 0.25) is 12.2 Å². The minimum Gasteiger partial charge on any atom is -0.481 e. The fourth-order valence-corrected chi connectivity index (χ4v) is 17.4. The molecule has 24 unspecified atom stereocenters. The van der Waals surface area contributed by atoms with Gasteiger partial charge in [-0.2, -0.15) is 5.26 Å². The summed E-state index contributed by atoms with van der Waals surface area (Å²) in [6.45, 7) is 37.7. The third-order valence-corrected chi connectivity index (χ3v) is 24.5. The smallest absolute Gasteiger partial charge is 0.415 e. The second kappa shape index (κ2) is 52.1. The number of carboxylic acid groups (broad SMARTS) is 2. The molecule has 14 bridgehead atoms. The van der Waals surface area contributed by atoms with Crippen LogP contribution in [-0.2, 0) is 229 Å². The summed E-state index contributed by atoms with van der Waals surface area (Å²) < 4.78 is 113. The van der Waals surface area contributed by atoms with Crippen molar-refractivity contribution in [2.45, 2.75) is 220 Å². The third kappa shape index (κ3) is 30.5. The van der Waals surface area contributed by atoms with Crippen molar-refractivity contribution < 1.29 is 239 Å². The largest absolute Gasteiger partial charge is 0.481 e. The number of carboxylic acids is 2. The van der Waals surface area contributed by atoms with Crippen LogP contribution < -0.4 is 0 Å². The fourth-order valence-electron chi connectivity index (χ4n) is 17.4. The molecule has 0 aromatic rings. The van der Waals surface area contributed by atoms with Gasteiger partial charge in [-0.3, -0.25) is 62.4 Å². The molecule has 0 radical (unpaired) electrons. The van der Waals surface area contributed by atoms with Gasteiger partial charge < -0.3 is 119 Å². The van der Waals surface area contributed by atoms with Crippen LogP contribution in [0.2, 0.25) is 0 Å². The number of rotatable bonds is 34. The summed E-state index contributed by atoms with van der Waals surface area (Å²) in [5.74, 6) is -24.7. The van der Waals surface area contributed by atoms with Crippen LogP contribution in [0, 0.1) is 83.7 Å². The van der Waals surface area contributed by atoms with E-state index in [0.717, 1.165) is 24.3 Å². The summed E-state index contributed by atoms with van der Waals surface area (Å²) in [6, 6.07) is 2.02. The molecule has 14 fully saturated rings. The average molecular weight is 2070 g/mol. The number of aliphatic carboxylic acids is 2. The first-order chi connectivity index (χ1) is 69.5. The lowest BCUT2D eigenvalue weighted by Gasteiger charge is -2.35. The van der Waals surface area contributed by atoms with Crippen LogP contribution in [-0.4, -0.2) is 291 Å². The van der Waals surface area contributed by atoms with Crippen LogP contribution in [0.3, 0.4) is 0 Å². The number of carbonyl (C=O) groups excluding carboxylic acids is 23. The number of fused-ring (bicyclic) bond motifs is 14. The first-order valence-electron chi connectivity index (χ1n) is 44.9. The normalized spacial score (nSPS) is 30.1. The van der Waals surface area contributed by atoms with Gasteiger partial charge in [0.25, 0.3) is 24.5 Å². The third-order valence-electron chi connectivity index (χ3n) is 24.5. The molecule has 0 amide bonds. The molecule has 53 nitrogen and oxygen atoms in total. The van der Waals surface area contributed by atoms with Crippen LogP contribution in [0.25, 0.3) is 9.69 Å². The van der Waals surface area contributed by atoms with Crippen molar-refractivity contribution in [3.63, 3.8) is 0 Å². The Morgan fingerprint density at radius 1 is 0.361 bits per heavy atom. The Bertz CT molecular complexity index is 5380. The Hall–Kier alpha value is -16.6.